The summed E-state index contributed by atoms with van der Waals surface area (Å²) in [5.41, 5.74) is 5.61. The van der Waals surface area contributed by atoms with Gasteiger partial charge in [-0.3, -0.25) is 0 Å². The monoisotopic (exact) mass is 141 g/mol. The molecule has 0 fully saturated rings. The van der Waals surface area contributed by atoms with Crippen molar-refractivity contribution in [3.63, 3.8) is 0 Å². The van der Waals surface area contributed by atoms with Crippen molar-refractivity contribution in [3.05, 3.63) is 12.2 Å². The van der Waals surface area contributed by atoms with E-state index in [1.54, 1.807) is 0 Å². The van der Waals surface area contributed by atoms with Gasteiger partial charge in [0.1, 0.15) is 0 Å². The van der Waals surface area contributed by atoms with E-state index in [0.29, 0.717) is 12.0 Å². The van der Waals surface area contributed by atoms with Gasteiger partial charge < -0.3 is 5.73 Å². The summed E-state index contributed by atoms with van der Waals surface area (Å²) < 4.78 is 0. The Hall–Kier alpha value is -0.300. The average molecular weight is 141 g/mol. The van der Waals surface area contributed by atoms with E-state index >= 15 is 0 Å². The summed E-state index contributed by atoms with van der Waals surface area (Å²) in [6.07, 6.45) is 6.67. The van der Waals surface area contributed by atoms with Gasteiger partial charge in [0, 0.05) is 6.04 Å². The molecule has 1 heteroatoms. The van der Waals surface area contributed by atoms with E-state index in [2.05, 4.69) is 32.9 Å². The molecule has 0 rings (SSSR count). The van der Waals surface area contributed by atoms with E-state index in [-0.39, 0.29) is 0 Å². The van der Waals surface area contributed by atoms with Gasteiger partial charge in [0.05, 0.1) is 0 Å². The fraction of sp³-hybridized carbons (Fsp3) is 0.778. The van der Waals surface area contributed by atoms with Crippen LogP contribution < -0.4 is 5.73 Å². The third kappa shape index (κ3) is 5.83. The SMILES string of the molecule is C/C=C/C(C)CCC(C)N. The van der Waals surface area contributed by atoms with Crippen LogP contribution in [0.15, 0.2) is 12.2 Å². The molecule has 0 aliphatic rings. The Bertz CT molecular complexity index is 94.9. The second-order valence-electron chi connectivity index (χ2n) is 3.06. The maximum atomic E-state index is 5.61. The summed E-state index contributed by atoms with van der Waals surface area (Å²) in [6.45, 7) is 6.34. The van der Waals surface area contributed by atoms with Crippen LogP contribution in [0.3, 0.4) is 0 Å². The standard InChI is InChI=1S/C9H19N/c1-4-5-8(2)6-7-9(3)10/h4-5,8-9H,6-7,10H2,1-3H3/b5-4+. The van der Waals surface area contributed by atoms with Crippen LogP contribution in [0.1, 0.15) is 33.6 Å². The molecule has 0 aromatic heterocycles. The molecular weight excluding hydrogens is 122 g/mol. The number of hydrogen-bond acceptors (Lipinski definition) is 1. The number of hydrogen-bond donors (Lipinski definition) is 1. The maximum absolute atomic E-state index is 5.61. The first-order valence-corrected chi connectivity index (χ1v) is 4.05. The molecule has 2 atom stereocenters. The molecule has 2 unspecified atom stereocenters. The third-order valence-electron chi connectivity index (χ3n) is 1.60. The van der Waals surface area contributed by atoms with Crippen LogP contribution in [-0.4, -0.2) is 6.04 Å². The lowest BCUT2D eigenvalue weighted by molar-refractivity contribution is 0.549. The molecular formula is C9H19N. The lowest BCUT2D eigenvalue weighted by Gasteiger charge is -2.07. The van der Waals surface area contributed by atoms with Gasteiger partial charge in [-0.25, -0.2) is 0 Å². The van der Waals surface area contributed by atoms with Gasteiger partial charge in [0.15, 0.2) is 0 Å². The topological polar surface area (TPSA) is 26.0 Å². The van der Waals surface area contributed by atoms with Gasteiger partial charge in [-0.15, -0.1) is 0 Å². The molecule has 0 radical (unpaired) electrons. The zero-order valence-corrected chi connectivity index (χ0v) is 7.30. The van der Waals surface area contributed by atoms with Gasteiger partial charge >= 0.3 is 0 Å². The summed E-state index contributed by atoms with van der Waals surface area (Å²) >= 11 is 0. The molecule has 0 saturated carbocycles. The van der Waals surface area contributed by atoms with Gasteiger partial charge in [0.2, 0.25) is 0 Å². The molecule has 0 spiro atoms. The summed E-state index contributed by atoms with van der Waals surface area (Å²) in [7, 11) is 0. The molecule has 60 valence electrons. The van der Waals surface area contributed by atoms with E-state index in [1.807, 2.05) is 0 Å². The minimum atomic E-state index is 0.354. The van der Waals surface area contributed by atoms with Crippen molar-refractivity contribution in [3.8, 4) is 0 Å². The van der Waals surface area contributed by atoms with Crippen molar-refractivity contribution in [2.75, 3.05) is 0 Å². The normalized spacial score (nSPS) is 17.6. The zero-order valence-electron chi connectivity index (χ0n) is 7.30. The van der Waals surface area contributed by atoms with Crippen molar-refractivity contribution in [1.82, 2.24) is 0 Å². The van der Waals surface area contributed by atoms with E-state index in [0.717, 1.165) is 6.42 Å². The first-order chi connectivity index (χ1) is 4.66. The third-order valence-corrected chi connectivity index (χ3v) is 1.60. The van der Waals surface area contributed by atoms with Crippen LogP contribution in [0.2, 0.25) is 0 Å². The van der Waals surface area contributed by atoms with Gasteiger partial charge in [-0.1, -0.05) is 19.1 Å². The van der Waals surface area contributed by atoms with Crippen molar-refractivity contribution in [2.45, 2.75) is 39.7 Å². The Balaban J connectivity index is 3.30. The highest BCUT2D eigenvalue weighted by Gasteiger charge is 1.98. The highest BCUT2D eigenvalue weighted by atomic mass is 14.6. The Labute approximate surface area is 64.3 Å². The number of allylic oxidation sites excluding steroid dienone is 2. The molecule has 0 aliphatic carbocycles. The first-order valence-electron chi connectivity index (χ1n) is 4.05. The van der Waals surface area contributed by atoms with Gasteiger partial charge in [-0.05, 0) is 32.6 Å². The molecule has 0 saturated heterocycles. The highest BCUT2D eigenvalue weighted by Crippen LogP contribution is 2.07. The van der Waals surface area contributed by atoms with Crippen LogP contribution in [0, 0.1) is 5.92 Å². The second kappa shape index (κ2) is 5.48. The summed E-state index contributed by atoms with van der Waals surface area (Å²) in [5, 5.41) is 0. The van der Waals surface area contributed by atoms with Gasteiger partial charge in [0.25, 0.3) is 0 Å². The average Bonchev–Trinajstić information content (AvgIpc) is 1.85. The molecule has 0 aromatic rings. The summed E-state index contributed by atoms with van der Waals surface area (Å²) in [4.78, 5) is 0. The largest absolute Gasteiger partial charge is 0.328 e. The minimum Gasteiger partial charge on any atom is -0.328 e. The quantitative estimate of drug-likeness (QED) is 0.597. The van der Waals surface area contributed by atoms with E-state index < -0.39 is 0 Å². The molecule has 1 nitrogen and oxygen atoms in total. The Morgan fingerprint density at radius 2 is 1.90 bits per heavy atom. The van der Waals surface area contributed by atoms with Gasteiger partial charge in [-0.2, -0.15) is 0 Å². The van der Waals surface area contributed by atoms with Crippen molar-refractivity contribution in [1.29, 1.82) is 0 Å². The molecule has 0 heterocycles. The predicted octanol–water partition coefficient (Wildman–Crippen LogP) is 2.33. The lowest BCUT2D eigenvalue weighted by atomic mass is 10.0. The molecule has 10 heavy (non-hydrogen) atoms. The van der Waals surface area contributed by atoms with Crippen molar-refractivity contribution in [2.24, 2.45) is 11.7 Å². The summed E-state index contributed by atoms with van der Waals surface area (Å²) in [6, 6.07) is 0.354. The zero-order chi connectivity index (χ0) is 7.98. The van der Waals surface area contributed by atoms with E-state index in [9.17, 15) is 0 Å². The fourth-order valence-corrected chi connectivity index (χ4v) is 0.951. The Morgan fingerprint density at radius 3 is 2.30 bits per heavy atom. The number of nitrogens with two attached hydrogens (primary N) is 1. The molecule has 0 bridgehead atoms. The molecule has 0 amide bonds. The van der Waals surface area contributed by atoms with Crippen molar-refractivity contribution < 1.29 is 0 Å². The first kappa shape index (κ1) is 9.70. The highest BCUT2D eigenvalue weighted by molar-refractivity contribution is 4.83. The minimum absolute atomic E-state index is 0.354. The van der Waals surface area contributed by atoms with Crippen LogP contribution in [0.4, 0.5) is 0 Å². The van der Waals surface area contributed by atoms with Crippen LogP contribution in [0.25, 0.3) is 0 Å². The fourth-order valence-electron chi connectivity index (χ4n) is 0.951. The van der Waals surface area contributed by atoms with Crippen LogP contribution >= 0.6 is 0 Å². The van der Waals surface area contributed by atoms with E-state index in [1.165, 1.54) is 6.42 Å². The Kier molecular flexibility index (Phi) is 5.32. The van der Waals surface area contributed by atoms with E-state index in [4.69, 9.17) is 5.73 Å². The second-order valence-corrected chi connectivity index (χ2v) is 3.06. The smallest absolute Gasteiger partial charge is 0.00106 e. The molecule has 2 N–H and O–H groups in total. The number of rotatable bonds is 4. The van der Waals surface area contributed by atoms with Crippen LogP contribution in [0.5, 0.6) is 0 Å². The van der Waals surface area contributed by atoms with Crippen LogP contribution in [-0.2, 0) is 0 Å². The maximum Gasteiger partial charge on any atom is 0.00106 e. The Morgan fingerprint density at radius 1 is 1.30 bits per heavy atom. The summed E-state index contributed by atoms with van der Waals surface area (Å²) in [5.74, 6) is 0.691. The van der Waals surface area contributed by atoms with Crippen molar-refractivity contribution >= 4 is 0 Å². The molecule has 0 aliphatic heterocycles. The lowest BCUT2D eigenvalue weighted by Crippen LogP contribution is -2.15. The predicted molar refractivity (Wildman–Crippen MR) is 46.9 cm³/mol. The molecule has 0 aromatic carbocycles.